The van der Waals surface area contributed by atoms with Gasteiger partial charge in [-0.1, -0.05) is 6.07 Å². The van der Waals surface area contributed by atoms with Crippen LogP contribution >= 0.6 is 0 Å². The van der Waals surface area contributed by atoms with E-state index in [-0.39, 0.29) is 5.69 Å². The Hall–Kier alpha value is -1.78. The molecule has 0 aliphatic carbocycles. The minimum absolute atomic E-state index is 0.149. The molecule has 9 nitrogen and oxygen atoms in total. The second kappa shape index (κ2) is 6.33. The van der Waals surface area contributed by atoms with Crippen LogP contribution in [0.15, 0.2) is 24.3 Å². The number of rotatable bonds is 4. The van der Waals surface area contributed by atoms with E-state index in [1.54, 1.807) is 0 Å². The zero-order valence-corrected chi connectivity index (χ0v) is 10.9. The maximum atomic E-state index is 10.7. The molecular weight excluding hydrogens is 284 g/mol. The van der Waals surface area contributed by atoms with Crippen LogP contribution in [0.1, 0.15) is 0 Å². The summed E-state index contributed by atoms with van der Waals surface area (Å²) in [4.78, 5) is 10.1. The highest BCUT2D eigenvalue weighted by Gasteiger charge is 2.43. The molecule has 0 bridgehead atoms. The van der Waals surface area contributed by atoms with Crippen LogP contribution in [0.4, 0.5) is 11.4 Å². The minimum atomic E-state index is -1.51. The molecule has 0 saturated carbocycles. The summed E-state index contributed by atoms with van der Waals surface area (Å²) in [5.41, 5.74) is 0.151. The lowest BCUT2D eigenvalue weighted by atomic mass is 9.98. The Balaban J connectivity index is 2.14. The monoisotopic (exact) mass is 300 g/mol. The predicted octanol–water partition coefficient (Wildman–Crippen LogP) is -1.19. The molecule has 1 aromatic rings. The van der Waals surface area contributed by atoms with Crippen molar-refractivity contribution in [2.75, 3.05) is 11.9 Å². The fourth-order valence-electron chi connectivity index (χ4n) is 2.09. The third-order valence-corrected chi connectivity index (χ3v) is 3.26. The summed E-state index contributed by atoms with van der Waals surface area (Å²) >= 11 is 0. The molecule has 116 valence electrons. The summed E-state index contributed by atoms with van der Waals surface area (Å²) in [5.74, 6) is 0. The number of hydrogen-bond acceptors (Lipinski definition) is 8. The van der Waals surface area contributed by atoms with Crippen LogP contribution in [0.25, 0.3) is 0 Å². The Kier molecular flexibility index (Phi) is 4.70. The molecule has 1 fully saturated rings. The van der Waals surface area contributed by atoms with E-state index in [0.717, 1.165) is 0 Å². The van der Waals surface area contributed by atoms with Crippen LogP contribution in [0.3, 0.4) is 0 Å². The van der Waals surface area contributed by atoms with Gasteiger partial charge in [0.25, 0.3) is 5.69 Å². The fourth-order valence-corrected chi connectivity index (χ4v) is 2.09. The van der Waals surface area contributed by atoms with E-state index < -0.39 is 42.2 Å². The predicted molar refractivity (Wildman–Crippen MR) is 70.5 cm³/mol. The Morgan fingerprint density at radius 2 is 1.95 bits per heavy atom. The maximum Gasteiger partial charge on any atom is 0.271 e. The van der Waals surface area contributed by atoms with Crippen molar-refractivity contribution in [2.45, 2.75) is 30.6 Å². The van der Waals surface area contributed by atoms with Crippen LogP contribution in [-0.2, 0) is 4.74 Å². The topological polar surface area (TPSA) is 145 Å². The average Bonchev–Trinajstić information content (AvgIpc) is 2.48. The number of benzene rings is 1. The number of nitro groups is 1. The van der Waals surface area contributed by atoms with Crippen molar-refractivity contribution in [2.24, 2.45) is 0 Å². The zero-order chi connectivity index (χ0) is 15.6. The number of hydrogen-bond donors (Lipinski definition) is 5. The third kappa shape index (κ3) is 3.28. The first-order valence-electron chi connectivity index (χ1n) is 6.25. The molecule has 0 spiro atoms. The van der Waals surface area contributed by atoms with Gasteiger partial charge in [-0.25, -0.2) is 0 Å². The number of ether oxygens (including phenoxy) is 1. The SMILES string of the molecule is O=[N+]([O-])c1cccc(N[C@H]2O[C@H](CO)[C@@H](O)[C@@H](O)[C@@H]2O)c1. The lowest BCUT2D eigenvalue weighted by Crippen LogP contribution is -2.60. The summed E-state index contributed by atoms with van der Waals surface area (Å²) in [7, 11) is 0. The van der Waals surface area contributed by atoms with Gasteiger partial charge in [0.1, 0.15) is 24.4 Å². The Bertz CT molecular complexity index is 510. The molecule has 1 aromatic carbocycles. The minimum Gasteiger partial charge on any atom is -0.394 e. The molecule has 21 heavy (non-hydrogen) atoms. The second-order valence-electron chi connectivity index (χ2n) is 4.70. The number of non-ortho nitro benzene ring substituents is 1. The molecule has 0 aromatic heterocycles. The molecule has 0 amide bonds. The molecule has 2 rings (SSSR count). The molecule has 0 radical (unpaired) electrons. The van der Waals surface area contributed by atoms with Crippen LogP contribution in [0.2, 0.25) is 0 Å². The molecule has 1 aliphatic rings. The van der Waals surface area contributed by atoms with Gasteiger partial charge in [0.2, 0.25) is 0 Å². The lowest BCUT2D eigenvalue weighted by Gasteiger charge is -2.40. The van der Waals surface area contributed by atoms with Crippen molar-refractivity contribution in [3.05, 3.63) is 34.4 Å². The number of nitro benzene ring substituents is 1. The smallest absolute Gasteiger partial charge is 0.271 e. The number of aliphatic hydroxyl groups excluding tert-OH is 4. The van der Waals surface area contributed by atoms with Gasteiger partial charge < -0.3 is 30.5 Å². The Labute approximate surface area is 119 Å². The molecule has 9 heteroatoms. The van der Waals surface area contributed by atoms with Crippen LogP contribution in [0.5, 0.6) is 0 Å². The molecular formula is C12H16N2O7. The summed E-state index contributed by atoms with van der Waals surface area (Å²) in [5, 5.41) is 51.6. The van der Waals surface area contributed by atoms with E-state index in [2.05, 4.69) is 5.32 Å². The largest absolute Gasteiger partial charge is 0.394 e. The molecule has 5 atom stereocenters. The van der Waals surface area contributed by atoms with Gasteiger partial charge in [0.05, 0.1) is 11.5 Å². The number of nitrogens with one attached hydrogen (secondary N) is 1. The van der Waals surface area contributed by atoms with Gasteiger partial charge in [-0.2, -0.15) is 0 Å². The lowest BCUT2D eigenvalue weighted by molar-refractivity contribution is -0.384. The van der Waals surface area contributed by atoms with Gasteiger partial charge in [-0.15, -0.1) is 0 Å². The summed E-state index contributed by atoms with van der Waals surface area (Å²) in [6.07, 6.45) is -6.58. The first kappa shape index (κ1) is 15.6. The van der Waals surface area contributed by atoms with Gasteiger partial charge in [0.15, 0.2) is 6.23 Å². The van der Waals surface area contributed by atoms with Crippen molar-refractivity contribution in [1.29, 1.82) is 0 Å². The van der Waals surface area contributed by atoms with E-state index in [0.29, 0.717) is 5.69 Å². The van der Waals surface area contributed by atoms with E-state index >= 15 is 0 Å². The Morgan fingerprint density at radius 1 is 1.24 bits per heavy atom. The van der Waals surface area contributed by atoms with Gasteiger partial charge in [-0.3, -0.25) is 10.1 Å². The summed E-state index contributed by atoms with van der Waals surface area (Å²) in [6, 6.07) is 5.51. The molecule has 0 unspecified atom stereocenters. The first-order valence-corrected chi connectivity index (χ1v) is 6.25. The first-order chi connectivity index (χ1) is 9.93. The summed E-state index contributed by atoms with van der Waals surface area (Å²) in [6.45, 7) is -0.544. The molecule has 1 aliphatic heterocycles. The quantitative estimate of drug-likeness (QED) is 0.344. The van der Waals surface area contributed by atoms with E-state index in [1.165, 1.54) is 24.3 Å². The third-order valence-electron chi connectivity index (χ3n) is 3.26. The molecule has 1 heterocycles. The van der Waals surface area contributed by atoms with Gasteiger partial charge in [0, 0.05) is 17.8 Å². The highest BCUT2D eigenvalue weighted by molar-refractivity contribution is 5.51. The standard InChI is InChI=1S/C12H16N2O7/c15-5-8-9(16)10(17)11(18)12(21-8)13-6-2-1-3-7(4-6)14(19)20/h1-4,8-13,15-18H,5H2/t8-,9-,10-,11+,12+/m1/s1. The molecule has 5 N–H and O–H groups in total. The number of aliphatic hydroxyl groups is 4. The van der Waals surface area contributed by atoms with Crippen LogP contribution in [0, 0.1) is 10.1 Å². The number of anilines is 1. The van der Waals surface area contributed by atoms with Crippen molar-refractivity contribution in [3.63, 3.8) is 0 Å². The normalized spacial score (nSPS) is 32.7. The zero-order valence-electron chi connectivity index (χ0n) is 10.9. The van der Waals surface area contributed by atoms with Crippen molar-refractivity contribution in [1.82, 2.24) is 0 Å². The summed E-state index contributed by atoms with van der Waals surface area (Å²) < 4.78 is 5.24. The van der Waals surface area contributed by atoms with Gasteiger partial charge >= 0.3 is 0 Å². The average molecular weight is 300 g/mol. The highest BCUT2D eigenvalue weighted by atomic mass is 16.6. The Morgan fingerprint density at radius 3 is 2.57 bits per heavy atom. The van der Waals surface area contributed by atoms with Crippen LogP contribution in [-0.4, -0.2) is 62.6 Å². The van der Waals surface area contributed by atoms with Crippen molar-refractivity contribution < 1.29 is 30.1 Å². The van der Waals surface area contributed by atoms with Crippen molar-refractivity contribution >= 4 is 11.4 Å². The number of nitrogens with zero attached hydrogens (tertiary/aromatic N) is 1. The van der Waals surface area contributed by atoms with Crippen LogP contribution < -0.4 is 5.32 Å². The van der Waals surface area contributed by atoms with E-state index in [1.807, 2.05) is 0 Å². The van der Waals surface area contributed by atoms with Crippen molar-refractivity contribution in [3.8, 4) is 0 Å². The van der Waals surface area contributed by atoms with Gasteiger partial charge in [-0.05, 0) is 6.07 Å². The second-order valence-corrected chi connectivity index (χ2v) is 4.70. The fraction of sp³-hybridized carbons (Fsp3) is 0.500. The molecule has 1 saturated heterocycles. The van der Waals surface area contributed by atoms with E-state index in [4.69, 9.17) is 9.84 Å². The van der Waals surface area contributed by atoms with E-state index in [9.17, 15) is 25.4 Å². The maximum absolute atomic E-state index is 10.7. The highest BCUT2D eigenvalue weighted by Crippen LogP contribution is 2.24.